The molecule has 0 aromatic heterocycles. The highest BCUT2D eigenvalue weighted by Crippen LogP contribution is 2.15. The summed E-state index contributed by atoms with van der Waals surface area (Å²) in [6.07, 6.45) is 1.49. The normalized spacial score (nSPS) is 10.8. The number of anilines is 1. The van der Waals surface area contributed by atoms with E-state index in [1.807, 2.05) is 31.2 Å². The van der Waals surface area contributed by atoms with Gasteiger partial charge >= 0.3 is 11.8 Å². The van der Waals surface area contributed by atoms with E-state index in [1.165, 1.54) is 11.8 Å². The van der Waals surface area contributed by atoms with E-state index in [-0.39, 0.29) is 0 Å². The summed E-state index contributed by atoms with van der Waals surface area (Å²) in [4.78, 5) is 23.6. The second kappa shape index (κ2) is 9.36. The van der Waals surface area contributed by atoms with Crippen molar-refractivity contribution in [3.05, 3.63) is 59.7 Å². The quantitative estimate of drug-likeness (QED) is 0.475. The van der Waals surface area contributed by atoms with Gasteiger partial charge in [-0.25, -0.2) is 5.43 Å². The van der Waals surface area contributed by atoms with Crippen LogP contribution in [0.4, 0.5) is 5.69 Å². The second-order valence-corrected chi connectivity index (χ2v) is 5.93. The standard InChI is InChI=1S/C20H23N3O3/c1-4-26-18-11-9-17(10-12-18)22-19(24)20(25)23-21-13-15-5-7-16(8-6-15)14(2)3/h5-14H,4H2,1-3H3,(H,22,24)(H,23,25). The maximum absolute atomic E-state index is 11.9. The van der Waals surface area contributed by atoms with Crippen LogP contribution >= 0.6 is 0 Å². The molecule has 26 heavy (non-hydrogen) atoms. The third-order valence-electron chi connectivity index (χ3n) is 3.61. The summed E-state index contributed by atoms with van der Waals surface area (Å²) in [5, 5.41) is 6.31. The van der Waals surface area contributed by atoms with Crippen LogP contribution in [0, 0.1) is 0 Å². The summed E-state index contributed by atoms with van der Waals surface area (Å²) in [7, 11) is 0. The number of hydrogen-bond acceptors (Lipinski definition) is 4. The van der Waals surface area contributed by atoms with Crippen molar-refractivity contribution in [1.82, 2.24) is 5.43 Å². The molecule has 2 N–H and O–H groups in total. The Morgan fingerprint density at radius 1 is 1.04 bits per heavy atom. The van der Waals surface area contributed by atoms with Crippen LogP contribution in [-0.2, 0) is 9.59 Å². The molecular weight excluding hydrogens is 330 g/mol. The van der Waals surface area contributed by atoms with Gasteiger partial charge in [0, 0.05) is 5.69 Å². The number of carbonyl (C=O) groups excluding carboxylic acids is 2. The van der Waals surface area contributed by atoms with Crippen LogP contribution in [0.2, 0.25) is 0 Å². The maximum atomic E-state index is 11.9. The van der Waals surface area contributed by atoms with Crippen molar-refractivity contribution in [1.29, 1.82) is 0 Å². The Morgan fingerprint density at radius 2 is 1.69 bits per heavy atom. The first-order valence-electron chi connectivity index (χ1n) is 8.46. The van der Waals surface area contributed by atoms with Crippen LogP contribution in [0.25, 0.3) is 0 Å². The fourth-order valence-corrected chi connectivity index (χ4v) is 2.17. The van der Waals surface area contributed by atoms with Gasteiger partial charge in [0.1, 0.15) is 5.75 Å². The predicted molar refractivity (Wildman–Crippen MR) is 103 cm³/mol. The third-order valence-corrected chi connectivity index (χ3v) is 3.61. The van der Waals surface area contributed by atoms with Crippen LogP contribution < -0.4 is 15.5 Å². The van der Waals surface area contributed by atoms with Gasteiger partial charge in [-0.1, -0.05) is 38.1 Å². The Morgan fingerprint density at radius 3 is 2.27 bits per heavy atom. The first kappa shape index (κ1) is 19.2. The summed E-state index contributed by atoms with van der Waals surface area (Å²) >= 11 is 0. The molecule has 0 aliphatic carbocycles. The van der Waals surface area contributed by atoms with Gasteiger partial charge < -0.3 is 10.1 Å². The number of carbonyl (C=O) groups is 2. The smallest absolute Gasteiger partial charge is 0.329 e. The molecule has 0 aliphatic rings. The fourth-order valence-electron chi connectivity index (χ4n) is 2.17. The highest BCUT2D eigenvalue weighted by molar-refractivity contribution is 6.39. The summed E-state index contributed by atoms with van der Waals surface area (Å²) in [6, 6.07) is 14.6. The zero-order valence-electron chi connectivity index (χ0n) is 15.2. The molecule has 0 unspecified atom stereocenters. The van der Waals surface area contributed by atoms with Crippen molar-refractivity contribution >= 4 is 23.7 Å². The first-order valence-corrected chi connectivity index (χ1v) is 8.46. The monoisotopic (exact) mass is 353 g/mol. The molecule has 136 valence electrons. The van der Waals surface area contributed by atoms with Gasteiger partial charge in [0.25, 0.3) is 0 Å². The van der Waals surface area contributed by atoms with Crippen molar-refractivity contribution in [2.75, 3.05) is 11.9 Å². The molecule has 0 spiro atoms. The first-order chi connectivity index (χ1) is 12.5. The van der Waals surface area contributed by atoms with E-state index in [2.05, 4.69) is 29.7 Å². The fraction of sp³-hybridized carbons (Fsp3) is 0.250. The van der Waals surface area contributed by atoms with Crippen molar-refractivity contribution < 1.29 is 14.3 Å². The van der Waals surface area contributed by atoms with Gasteiger partial charge in [-0.2, -0.15) is 5.10 Å². The topological polar surface area (TPSA) is 79.8 Å². The third kappa shape index (κ3) is 5.73. The lowest BCUT2D eigenvalue weighted by molar-refractivity contribution is -0.136. The number of hydrogen-bond donors (Lipinski definition) is 2. The highest BCUT2D eigenvalue weighted by atomic mass is 16.5. The molecule has 0 atom stereocenters. The van der Waals surface area contributed by atoms with Crippen LogP contribution in [0.5, 0.6) is 5.75 Å². The van der Waals surface area contributed by atoms with Gasteiger partial charge in [0.2, 0.25) is 0 Å². The lowest BCUT2D eigenvalue weighted by atomic mass is 10.0. The number of hydrazone groups is 1. The molecule has 2 aromatic rings. The zero-order valence-corrected chi connectivity index (χ0v) is 15.2. The minimum atomic E-state index is -0.839. The lowest BCUT2D eigenvalue weighted by Gasteiger charge is -2.06. The molecule has 0 radical (unpaired) electrons. The lowest BCUT2D eigenvalue weighted by Crippen LogP contribution is -2.32. The van der Waals surface area contributed by atoms with E-state index < -0.39 is 11.8 Å². The summed E-state index contributed by atoms with van der Waals surface area (Å²) in [5.41, 5.74) is 4.77. The minimum Gasteiger partial charge on any atom is -0.494 e. The average Bonchev–Trinajstić information content (AvgIpc) is 2.64. The zero-order chi connectivity index (χ0) is 18.9. The molecule has 0 bridgehead atoms. The van der Waals surface area contributed by atoms with Gasteiger partial charge in [-0.3, -0.25) is 9.59 Å². The van der Waals surface area contributed by atoms with Crippen molar-refractivity contribution in [2.45, 2.75) is 26.7 Å². The highest BCUT2D eigenvalue weighted by Gasteiger charge is 2.12. The number of rotatable bonds is 6. The molecule has 0 fully saturated rings. The Labute approximate surface area is 153 Å². The van der Waals surface area contributed by atoms with Gasteiger partial charge in [-0.05, 0) is 48.2 Å². The van der Waals surface area contributed by atoms with E-state index in [0.717, 1.165) is 5.56 Å². The number of ether oxygens (including phenoxy) is 1. The SMILES string of the molecule is CCOc1ccc(NC(=O)C(=O)NN=Cc2ccc(C(C)C)cc2)cc1. The number of nitrogens with one attached hydrogen (secondary N) is 2. The molecule has 6 heteroatoms. The van der Waals surface area contributed by atoms with Crippen LogP contribution in [0.15, 0.2) is 53.6 Å². The van der Waals surface area contributed by atoms with Gasteiger partial charge in [0.15, 0.2) is 0 Å². The molecule has 0 aliphatic heterocycles. The van der Waals surface area contributed by atoms with Crippen LogP contribution in [0.3, 0.4) is 0 Å². The van der Waals surface area contributed by atoms with E-state index in [0.29, 0.717) is 24.0 Å². The molecule has 6 nitrogen and oxygen atoms in total. The summed E-state index contributed by atoms with van der Waals surface area (Å²) in [5.74, 6) is -0.481. The molecular formula is C20H23N3O3. The van der Waals surface area contributed by atoms with Crippen molar-refractivity contribution in [2.24, 2.45) is 5.10 Å². The van der Waals surface area contributed by atoms with Crippen molar-refractivity contribution in [3.63, 3.8) is 0 Å². The number of nitrogens with zero attached hydrogens (tertiary/aromatic N) is 1. The second-order valence-electron chi connectivity index (χ2n) is 5.93. The molecule has 2 rings (SSSR count). The molecule has 0 saturated heterocycles. The molecule has 0 saturated carbocycles. The van der Waals surface area contributed by atoms with E-state index in [1.54, 1.807) is 24.3 Å². The van der Waals surface area contributed by atoms with Crippen LogP contribution in [0.1, 0.15) is 37.8 Å². The predicted octanol–water partition coefficient (Wildman–Crippen LogP) is 3.30. The Hall–Kier alpha value is -3.15. The van der Waals surface area contributed by atoms with Gasteiger partial charge in [-0.15, -0.1) is 0 Å². The molecule has 0 heterocycles. The Bertz CT molecular complexity index is 766. The minimum absolute atomic E-state index is 0.451. The van der Waals surface area contributed by atoms with E-state index in [9.17, 15) is 9.59 Å². The van der Waals surface area contributed by atoms with E-state index >= 15 is 0 Å². The summed E-state index contributed by atoms with van der Waals surface area (Å²) < 4.78 is 5.32. The molecule has 2 aromatic carbocycles. The molecule has 2 amide bonds. The Kier molecular flexibility index (Phi) is 6.91. The number of amides is 2. The van der Waals surface area contributed by atoms with Gasteiger partial charge in [0.05, 0.1) is 12.8 Å². The van der Waals surface area contributed by atoms with Crippen molar-refractivity contribution in [3.8, 4) is 5.75 Å². The average molecular weight is 353 g/mol. The van der Waals surface area contributed by atoms with Crippen LogP contribution in [-0.4, -0.2) is 24.6 Å². The largest absolute Gasteiger partial charge is 0.494 e. The Balaban J connectivity index is 1.85. The maximum Gasteiger partial charge on any atom is 0.329 e. The number of benzene rings is 2. The van der Waals surface area contributed by atoms with E-state index in [4.69, 9.17) is 4.74 Å². The summed E-state index contributed by atoms with van der Waals surface area (Å²) in [6.45, 7) is 6.68.